The number of thiocarbonyl (C=S) groups is 1. The van der Waals surface area contributed by atoms with Crippen molar-refractivity contribution in [2.75, 3.05) is 7.11 Å². The standard InChI is InChI=1S/C20H25NO2.CHIS/c1-3-4-17-9-5-15-13-16(8-12-19(15)21-17)20(22)14-6-10-18(23-2)11-7-14;2-1-3/h5,8-9,12-14,18H,3-4,6-7,10-11H2,1-2H3;1H. The predicted octanol–water partition coefficient (Wildman–Crippen LogP) is 5.95. The van der Waals surface area contributed by atoms with Crippen LogP contribution < -0.4 is 0 Å². The average molecular weight is 483 g/mol. The second kappa shape index (κ2) is 11.0. The Balaban J connectivity index is 0.000000758. The van der Waals surface area contributed by atoms with E-state index < -0.39 is 0 Å². The molecule has 1 heterocycles. The Labute approximate surface area is 175 Å². The third-order valence-electron chi connectivity index (χ3n) is 4.92. The van der Waals surface area contributed by atoms with Gasteiger partial charge >= 0.3 is 0 Å². The summed E-state index contributed by atoms with van der Waals surface area (Å²) >= 11 is 6.23. The minimum Gasteiger partial charge on any atom is -0.381 e. The number of ketones is 1. The van der Waals surface area contributed by atoms with Gasteiger partial charge in [-0.3, -0.25) is 9.78 Å². The number of benzene rings is 1. The van der Waals surface area contributed by atoms with Crippen molar-refractivity contribution in [2.24, 2.45) is 5.92 Å². The van der Waals surface area contributed by atoms with Crippen LogP contribution in [0.3, 0.4) is 0 Å². The first kappa shape index (κ1) is 21.4. The number of fused-ring (bicyclic) bond motifs is 1. The Morgan fingerprint density at radius 3 is 2.58 bits per heavy atom. The number of rotatable bonds is 5. The number of halogens is 1. The van der Waals surface area contributed by atoms with Gasteiger partial charge in [0, 0.05) is 33.0 Å². The zero-order valence-corrected chi connectivity index (χ0v) is 18.4. The van der Waals surface area contributed by atoms with E-state index in [1.807, 2.05) is 40.8 Å². The van der Waals surface area contributed by atoms with Gasteiger partial charge in [0.1, 0.15) is 0 Å². The fourth-order valence-corrected chi connectivity index (χ4v) is 3.51. The molecule has 140 valence electrons. The lowest BCUT2D eigenvalue weighted by Crippen LogP contribution is -2.25. The van der Waals surface area contributed by atoms with Gasteiger partial charge in [0.05, 0.1) is 11.6 Å². The van der Waals surface area contributed by atoms with E-state index >= 15 is 0 Å². The van der Waals surface area contributed by atoms with E-state index in [-0.39, 0.29) is 11.7 Å². The molecule has 3 rings (SSSR count). The van der Waals surface area contributed by atoms with Crippen LogP contribution in [0.5, 0.6) is 0 Å². The predicted molar refractivity (Wildman–Crippen MR) is 120 cm³/mol. The molecule has 1 aromatic carbocycles. The topological polar surface area (TPSA) is 39.2 Å². The number of hydrogen-bond donors (Lipinski definition) is 0. The number of hydrogen-bond acceptors (Lipinski definition) is 4. The summed E-state index contributed by atoms with van der Waals surface area (Å²) in [4.78, 5) is 17.4. The molecule has 0 atom stereocenters. The third-order valence-corrected chi connectivity index (χ3v) is 4.92. The molecule has 26 heavy (non-hydrogen) atoms. The number of Topliss-reactive ketones (excluding diaryl/α,β-unsaturated/α-hetero) is 1. The summed E-state index contributed by atoms with van der Waals surface area (Å²) in [7, 11) is 1.76. The number of carbonyl (C=O) groups excluding carboxylic acids is 1. The van der Waals surface area contributed by atoms with Gasteiger partial charge < -0.3 is 4.74 Å². The molecule has 0 N–H and O–H groups in total. The van der Waals surface area contributed by atoms with Gasteiger partial charge in [0.2, 0.25) is 0 Å². The van der Waals surface area contributed by atoms with Crippen LogP contribution in [0.4, 0.5) is 0 Å². The Hall–Kier alpha value is -0.920. The summed E-state index contributed by atoms with van der Waals surface area (Å²) in [5.74, 6) is 0.422. The molecule has 1 aromatic heterocycles. The zero-order valence-electron chi connectivity index (χ0n) is 15.4. The van der Waals surface area contributed by atoms with Crippen LogP contribution in [-0.4, -0.2) is 27.4 Å². The van der Waals surface area contributed by atoms with Gasteiger partial charge in [-0.1, -0.05) is 31.6 Å². The van der Waals surface area contributed by atoms with Gasteiger partial charge in [-0.05, 0) is 79.0 Å². The summed E-state index contributed by atoms with van der Waals surface area (Å²) in [6, 6.07) is 10.1. The molecule has 0 radical (unpaired) electrons. The maximum Gasteiger partial charge on any atom is 0.165 e. The van der Waals surface area contributed by atoms with Gasteiger partial charge in [0.15, 0.2) is 5.78 Å². The highest BCUT2D eigenvalue weighted by Gasteiger charge is 2.26. The maximum absolute atomic E-state index is 12.7. The number of pyridine rings is 1. The van der Waals surface area contributed by atoms with E-state index in [4.69, 9.17) is 4.74 Å². The molecule has 2 aromatic rings. The van der Waals surface area contributed by atoms with E-state index in [0.29, 0.717) is 6.10 Å². The van der Waals surface area contributed by atoms with Crippen molar-refractivity contribution in [3.05, 3.63) is 41.6 Å². The van der Waals surface area contributed by atoms with E-state index in [1.54, 1.807) is 10.5 Å². The molecular weight excluding hydrogens is 457 g/mol. The van der Waals surface area contributed by atoms with Crippen LogP contribution in [0.25, 0.3) is 10.9 Å². The van der Waals surface area contributed by atoms with Crippen LogP contribution >= 0.6 is 34.8 Å². The van der Waals surface area contributed by atoms with Gasteiger partial charge in [-0.2, -0.15) is 0 Å². The number of ether oxygens (including phenoxy) is 1. The minimum atomic E-state index is 0.145. The Bertz CT molecular complexity index is 742. The quantitative estimate of drug-likeness (QED) is 0.228. The van der Waals surface area contributed by atoms with Crippen molar-refractivity contribution >= 4 is 54.9 Å². The van der Waals surface area contributed by atoms with Gasteiger partial charge in [-0.25, -0.2) is 0 Å². The van der Waals surface area contributed by atoms with Crippen LogP contribution in [0, 0.1) is 5.92 Å². The van der Waals surface area contributed by atoms with Gasteiger partial charge in [-0.15, -0.1) is 0 Å². The molecule has 0 aliphatic heterocycles. The Morgan fingerprint density at radius 2 is 1.96 bits per heavy atom. The molecule has 1 aliphatic carbocycles. The van der Waals surface area contributed by atoms with Crippen molar-refractivity contribution in [1.29, 1.82) is 0 Å². The SMILES string of the molecule is CCCc1ccc2cc(C(=O)C3CCC(OC)CC3)ccc2n1.S=CI. The number of aryl methyl sites for hydroxylation is 1. The summed E-state index contributed by atoms with van der Waals surface area (Å²) in [6.07, 6.45) is 6.27. The molecule has 0 saturated heterocycles. The van der Waals surface area contributed by atoms with E-state index in [2.05, 4.69) is 36.3 Å². The Morgan fingerprint density at radius 1 is 1.27 bits per heavy atom. The molecular formula is C21H26INO2S. The first-order chi connectivity index (χ1) is 12.6. The van der Waals surface area contributed by atoms with E-state index in [0.717, 1.165) is 60.7 Å². The van der Waals surface area contributed by atoms with Crippen LogP contribution in [-0.2, 0) is 11.2 Å². The molecule has 1 saturated carbocycles. The second-order valence-electron chi connectivity index (χ2n) is 6.62. The van der Waals surface area contributed by atoms with Crippen molar-refractivity contribution in [3.8, 4) is 0 Å². The number of nitrogens with zero attached hydrogens (tertiary/aromatic N) is 1. The molecule has 1 aliphatic rings. The molecule has 0 spiro atoms. The van der Waals surface area contributed by atoms with Crippen molar-refractivity contribution in [1.82, 2.24) is 4.98 Å². The fraction of sp³-hybridized carbons (Fsp3) is 0.476. The van der Waals surface area contributed by atoms with Crippen molar-refractivity contribution < 1.29 is 9.53 Å². The first-order valence-corrected chi connectivity index (χ1v) is 10.8. The lowest BCUT2D eigenvalue weighted by Gasteiger charge is -2.26. The smallest absolute Gasteiger partial charge is 0.165 e. The van der Waals surface area contributed by atoms with Crippen molar-refractivity contribution in [2.45, 2.75) is 51.6 Å². The maximum atomic E-state index is 12.7. The Kier molecular flexibility index (Phi) is 9.08. The minimum absolute atomic E-state index is 0.145. The van der Waals surface area contributed by atoms with Crippen LogP contribution in [0.15, 0.2) is 30.3 Å². The summed E-state index contributed by atoms with van der Waals surface area (Å²) in [5.41, 5.74) is 2.93. The van der Waals surface area contributed by atoms with Crippen LogP contribution in [0.1, 0.15) is 55.1 Å². The molecule has 5 heteroatoms. The van der Waals surface area contributed by atoms with Crippen molar-refractivity contribution in [3.63, 3.8) is 0 Å². The third kappa shape index (κ3) is 5.79. The largest absolute Gasteiger partial charge is 0.381 e. The van der Waals surface area contributed by atoms with Crippen LogP contribution in [0.2, 0.25) is 0 Å². The molecule has 0 bridgehead atoms. The normalized spacial score (nSPS) is 19.5. The van der Waals surface area contributed by atoms with Gasteiger partial charge in [0.25, 0.3) is 0 Å². The number of aromatic nitrogens is 1. The molecule has 3 nitrogen and oxygen atoms in total. The number of carbonyl (C=O) groups is 1. The number of methoxy groups -OCH3 is 1. The molecule has 0 unspecified atom stereocenters. The summed E-state index contributed by atoms with van der Waals surface area (Å²) in [6.45, 7) is 2.16. The lowest BCUT2D eigenvalue weighted by molar-refractivity contribution is 0.0519. The lowest BCUT2D eigenvalue weighted by atomic mass is 9.82. The highest BCUT2D eigenvalue weighted by Crippen LogP contribution is 2.29. The second-order valence-corrected chi connectivity index (χ2v) is 8.33. The first-order valence-electron chi connectivity index (χ1n) is 9.13. The monoisotopic (exact) mass is 483 g/mol. The highest BCUT2D eigenvalue weighted by atomic mass is 127. The zero-order chi connectivity index (χ0) is 18.9. The average Bonchev–Trinajstić information content (AvgIpc) is 2.68. The summed E-state index contributed by atoms with van der Waals surface area (Å²) in [5, 5.41) is 1.06. The van der Waals surface area contributed by atoms with E-state index in [1.165, 1.54) is 0 Å². The summed E-state index contributed by atoms with van der Waals surface area (Å²) < 4.78 is 6.95. The molecule has 1 fully saturated rings. The highest BCUT2D eigenvalue weighted by molar-refractivity contribution is 14.1. The molecule has 0 amide bonds. The van der Waals surface area contributed by atoms with E-state index in [9.17, 15) is 4.79 Å². The fourth-order valence-electron chi connectivity index (χ4n) is 3.51.